The fourth-order valence-corrected chi connectivity index (χ4v) is 1.71. The molecule has 0 fully saturated rings. The minimum atomic E-state index is -1.85. The van der Waals surface area contributed by atoms with Crippen LogP contribution in [-0.2, 0) is 4.79 Å². The van der Waals surface area contributed by atoms with Gasteiger partial charge in [-0.2, -0.15) is 4.39 Å². The Morgan fingerprint density at radius 1 is 1.60 bits per heavy atom. The van der Waals surface area contributed by atoms with Gasteiger partial charge in [0.15, 0.2) is 6.10 Å². The molecular weight excluding hydrogens is 318 g/mol. The maximum atomic E-state index is 13.2. The Morgan fingerprint density at radius 2 is 2.20 bits per heavy atom. The maximum absolute atomic E-state index is 13.2. The predicted octanol–water partition coefficient (Wildman–Crippen LogP) is -0.295. The van der Waals surface area contributed by atoms with Gasteiger partial charge >= 0.3 is 0 Å². The van der Waals surface area contributed by atoms with Crippen molar-refractivity contribution >= 4 is 28.5 Å². The van der Waals surface area contributed by atoms with E-state index in [1.807, 2.05) is 0 Å². The van der Waals surface area contributed by atoms with Gasteiger partial charge in [0.25, 0.3) is 0 Å². The number of pyridine rings is 1. The number of aliphatic hydroxyl groups excluding tert-OH is 2. The van der Waals surface area contributed by atoms with Crippen molar-refractivity contribution < 1.29 is 19.4 Å². The molecule has 0 radical (unpaired) electrons. The van der Waals surface area contributed by atoms with E-state index in [0.29, 0.717) is 3.57 Å². The number of carbonyl (C=O) groups excluding carboxylic acids is 1. The fraction of sp³-hybridized carbons (Fsp3) is 0.250. The molecule has 1 aromatic heterocycles. The van der Waals surface area contributed by atoms with Crippen molar-refractivity contribution in [3.8, 4) is 0 Å². The van der Waals surface area contributed by atoms with Gasteiger partial charge in [-0.1, -0.05) is 0 Å². The highest BCUT2D eigenvalue weighted by atomic mass is 127. The molecule has 0 spiro atoms. The first-order chi connectivity index (χ1) is 6.95. The molecular formula is C8H8FIN2O3. The van der Waals surface area contributed by atoms with Crippen LogP contribution in [0.1, 0.15) is 11.7 Å². The first-order valence-electron chi connectivity index (χ1n) is 3.90. The first-order valence-corrected chi connectivity index (χ1v) is 4.98. The van der Waals surface area contributed by atoms with Crippen molar-refractivity contribution in [3.63, 3.8) is 0 Å². The highest BCUT2D eigenvalue weighted by Crippen LogP contribution is 2.24. The van der Waals surface area contributed by atoms with Gasteiger partial charge in [0, 0.05) is 9.77 Å². The Hall–Kier alpha value is -0.800. The number of hydrogen-bond acceptors (Lipinski definition) is 4. The molecule has 0 aliphatic heterocycles. The van der Waals surface area contributed by atoms with E-state index in [2.05, 4.69) is 4.98 Å². The Labute approximate surface area is 98.3 Å². The topological polar surface area (TPSA) is 96.4 Å². The Balaban J connectivity index is 3.10. The molecule has 0 aliphatic carbocycles. The number of nitrogens with zero attached hydrogens (tertiary/aromatic N) is 1. The van der Waals surface area contributed by atoms with Crippen LogP contribution < -0.4 is 5.73 Å². The van der Waals surface area contributed by atoms with Crippen LogP contribution in [0.5, 0.6) is 0 Å². The Bertz CT molecular complexity index is 368. The van der Waals surface area contributed by atoms with Crippen LogP contribution >= 0.6 is 22.6 Å². The lowest BCUT2D eigenvalue weighted by Gasteiger charge is -2.16. The molecule has 0 saturated carbocycles. The van der Waals surface area contributed by atoms with Crippen molar-refractivity contribution in [2.75, 3.05) is 0 Å². The zero-order valence-electron chi connectivity index (χ0n) is 7.39. The van der Waals surface area contributed by atoms with Gasteiger partial charge in [-0.25, -0.2) is 4.98 Å². The molecule has 1 heterocycles. The highest BCUT2D eigenvalue weighted by Gasteiger charge is 2.28. The Morgan fingerprint density at radius 3 is 2.67 bits per heavy atom. The second kappa shape index (κ2) is 4.81. The third-order valence-corrected chi connectivity index (χ3v) is 2.72. The van der Waals surface area contributed by atoms with Gasteiger partial charge in [0.1, 0.15) is 6.10 Å². The molecule has 1 amide bonds. The van der Waals surface area contributed by atoms with Crippen molar-refractivity contribution in [1.82, 2.24) is 4.98 Å². The van der Waals surface area contributed by atoms with Crippen molar-refractivity contribution in [2.45, 2.75) is 12.2 Å². The van der Waals surface area contributed by atoms with Crippen LogP contribution in [0.3, 0.4) is 0 Å². The number of halogens is 2. The normalized spacial score (nSPS) is 14.7. The summed E-state index contributed by atoms with van der Waals surface area (Å²) in [7, 11) is 0. The van der Waals surface area contributed by atoms with Crippen molar-refractivity contribution in [1.29, 1.82) is 0 Å². The third-order valence-electron chi connectivity index (χ3n) is 1.77. The largest absolute Gasteiger partial charge is 0.385 e. The number of amides is 1. The molecule has 1 rings (SSSR count). The summed E-state index contributed by atoms with van der Waals surface area (Å²) in [4.78, 5) is 13.9. The first kappa shape index (κ1) is 12.3. The number of primary amides is 1. The van der Waals surface area contributed by atoms with Gasteiger partial charge in [0.2, 0.25) is 11.9 Å². The number of aromatic nitrogens is 1. The summed E-state index contributed by atoms with van der Waals surface area (Å²) in [6, 6.07) is 1.44. The lowest BCUT2D eigenvalue weighted by Crippen LogP contribution is -2.34. The number of rotatable bonds is 3. The van der Waals surface area contributed by atoms with Crippen LogP contribution in [0.2, 0.25) is 0 Å². The fourth-order valence-electron chi connectivity index (χ4n) is 1.00. The van der Waals surface area contributed by atoms with Gasteiger partial charge in [-0.3, -0.25) is 4.79 Å². The molecule has 2 unspecified atom stereocenters. The molecule has 1 aromatic rings. The van der Waals surface area contributed by atoms with E-state index in [1.54, 1.807) is 22.6 Å². The number of nitrogens with two attached hydrogens (primary N) is 1. The van der Waals surface area contributed by atoms with Gasteiger partial charge in [0.05, 0.1) is 5.56 Å². The third kappa shape index (κ3) is 2.61. The average molecular weight is 326 g/mol. The summed E-state index contributed by atoms with van der Waals surface area (Å²) >= 11 is 1.75. The van der Waals surface area contributed by atoms with E-state index >= 15 is 0 Å². The summed E-state index contributed by atoms with van der Waals surface area (Å²) in [6.45, 7) is 0. The van der Waals surface area contributed by atoms with Crippen molar-refractivity contribution in [3.05, 3.63) is 27.3 Å². The zero-order chi connectivity index (χ0) is 11.6. The summed E-state index contributed by atoms with van der Waals surface area (Å²) in [5.41, 5.74) is 4.55. The van der Waals surface area contributed by atoms with E-state index in [1.165, 1.54) is 12.3 Å². The Kier molecular flexibility index (Phi) is 3.94. The predicted molar refractivity (Wildman–Crippen MR) is 57.1 cm³/mol. The van der Waals surface area contributed by atoms with E-state index in [9.17, 15) is 19.4 Å². The van der Waals surface area contributed by atoms with E-state index in [-0.39, 0.29) is 5.56 Å². The molecule has 0 bridgehead atoms. The summed E-state index contributed by atoms with van der Waals surface area (Å²) in [5, 5.41) is 18.7. The van der Waals surface area contributed by atoms with Crippen LogP contribution in [0.4, 0.5) is 4.39 Å². The molecule has 4 N–H and O–H groups in total. The minimum absolute atomic E-state index is 0.232. The lowest BCUT2D eigenvalue weighted by molar-refractivity contribution is -0.132. The van der Waals surface area contributed by atoms with Crippen molar-refractivity contribution in [2.24, 2.45) is 5.73 Å². The number of aliphatic hydroxyl groups is 2. The van der Waals surface area contributed by atoms with E-state index in [4.69, 9.17) is 5.73 Å². The van der Waals surface area contributed by atoms with Crippen LogP contribution in [0, 0.1) is 9.52 Å². The smallest absolute Gasteiger partial charge is 0.249 e. The monoisotopic (exact) mass is 326 g/mol. The van der Waals surface area contributed by atoms with Crippen LogP contribution in [0.15, 0.2) is 12.3 Å². The van der Waals surface area contributed by atoms with E-state index < -0.39 is 24.1 Å². The SMILES string of the molecule is NC(=O)C(O)C(O)c1c(I)ccnc1F. The van der Waals surface area contributed by atoms with Crippen LogP contribution in [-0.4, -0.2) is 27.2 Å². The second-order valence-corrected chi connectivity index (χ2v) is 3.95. The summed E-state index contributed by atoms with van der Waals surface area (Å²) in [6.07, 6.45) is -2.34. The number of hydrogen-bond donors (Lipinski definition) is 3. The minimum Gasteiger partial charge on any atom is -0.385 e. The summed E-state index contributed by atoms with van der Waals surface area (Å²) in [5.74, 6) is -2.06. The molecule has 5 nitrogen and oxygen atoms in total. The second-order valence-electron chi connectivity index (χ2n) is 2.79. The lowest BCUT2D eigenvalue weighted by atomic mass is 10.1. The zero-order valence-corrected chi connectivity index (χ0v) is 9.55. The molecule has 7 heteroatoms. The molecule has 0 saturated heterocycles. The van der Waals surface area contributed by atoms with Gasteiger partial charge in [-0.05, 0) is 28.7 Å². The molecule has 2 atom stereocenters. The number of carbonyl (C=O) groups is 1. The molecule has 0 aromatic carbocycles. The quantitative estimate of drug-likeness (QED) is 0.525. The van der Waals surface area contributed by atoms with Gasteiger partial charge < -0.3 is 15.9 Å². The van der Waals surface area contributed by atoms with Gasteiger partial charge in [-0.15, -0.1) is 0 Å². The van der Waals surface area contributed by atoms with E-state index in [0.717, 1.165) is 0 Å². The maximum Gasteiger partial charge on any atom is 0.249 e. The molecule has 0 aliphatic rings. The summed E-state index contributed by atoms with van der Waals surface area (Å²) < 4.78 is 13.5. The van der Waals surface area contributed by atoms with Crippen LogP contribution in [0.25, 0.3) is 0 Å². The highest BCUT2D eigenvalue weighted by molar-refractivity contribution is 14.1. The standard InChI is InChI=1S/C8H8FIN2O3/c9-7-4(3(10)1-2-12-7)5(13)6(14)8(11)15/h1-2,5-6,13-14H,(H2,11,15). The average Bonchev–Trinajstić information content (AvgIpc) is 2.15. The molecule has 82 valence electrons. The molecule has 15 heavy (non-hydrogen) atoms.